The first-order valence-corrected chi connectivity index (χ1v) is 5.53. The zero-order chi connectivity index (χ0) is 13.0. The van der Waals surface area contributed by atoms with E-state index >= 15 is 0 Å². The Morgan fingerprint density at radius 1 is 1.39 bits per heavy atom. The second kappa shape index (κ2) is 5.39. The van der Waals surface area contributed by atoms with Gasteiger partial charge in [-0.25, -0.2) is 9.37 Å². The van der Waals surface area contributed by atoms with Crippen LogP contribution in [0.3, 0.4) is 0 Å². The van der Waals surface area contributed by atoms with Gasteiger partial charge in [-0.15, -0.1) is 0 Å². The van der Waals surface area contributed by atoms with Gasteiger partial charge in [0.2, 0.25) is 0 Å². The lowest BCUT2D eigenvalue weighted by Crippen LogP contribution is -2.22. The van der Waals surface area contributed by atoms with Crippen LogP contribution >= 0.6 is 0 Å². The second-order valence-corrected chi connectivity index (χ2v) is 3.84. The quantitative estimate of drug-likeness (QED) is 0.875. The molecule has 0 radical (unpaired) electrons. The largest absolute Gasteiger partial charge is 0.365 e. The Morgan fingerprint density at radius 3 is 2.94 bits per heavy atom. The highest BCUT2D eigenvalue weighted by Crippen LogP contribution is 1.99. The molecule has 0 fully saturated rings. The molecule has 5 nitrogen and oxygen atoms in total. The van der Waals surface area contributed by atoms with Crippen molar-refractivity contribution in [2.24, 2.45) is 7.05 Å². The summed E-state index contributed by atoms with van der Waals surface area (Å²) in [5.41, 5.74) is 0.584. The zero-order valence-electron chi connectivity index (χ0n) is 9.93. The van der Waals surface area contributed by atoms with Crippen molar-refractivity contribution in [2.75, 3.05) is 11.9 Å². The molecule has 6 heteroatoms. The topological polar surface area (TPSA) is 59.8 Å². The summed E-state index contributed by atoms with van der Waals surface area (Å²) in [6, 6.07) is 2.98. The molecule has 2 rings (SSSR count). The molecule has 0 saturated heterocycles. The number of anilines is 1. The summed E-state index contributed by atoms with van der Waals surface area (Å²) in [5.74, 6) is -0.0487. The first-order chi connectivity index (χ1) is 8.66. The molecule has 2 aromatic rings. The fourth-order valence-corrected chi connectivity index (χ4v) is 1.48. The molecular weight excluding hydrogens is 235 g/mol. The number of hydrogen-bond acceptors (Lipinski definition) is 4. The van der Waals surface area contributed by atoms with Gasteiger partial charge in [0.1, 0.15) is 5.82 Å². The second-order valence-electron chi connectivity index (χ2n) is 3.84. The number of rotatable bonds is 4. The van der Waals surface area contributed by atoms with Crippen molar-refractivity contribution in [2.45, 2.75) is 6.42 Å². The number of hydrogen-bond donors (Lipinski definition) is 1. The van der Waals surface area contributed by atoms with Gasteiger partial charge in [-0.3, -0.25) is 9.78 Å². The van der Waals surface area contributed by atoms with E-state index in [4.69, 9.17) is 0 Å². The monoisotopic (exact) mass is 248 g/mol. The van der Waals surface area contributed by atoms with E-state index in [9.17, 15) is 9.18 Å². The van der Waals surface area contributed by atoms with Crippen LogP contribution in [0.2, 0.25) is 0 Å². The van der Waals surface area contributed by atoms with E-state index in [1.165, 1.54) is 16.8 Å². The van der Waals surface area contributed by atoms with Gasteiger partial charge in [0.15, 0.2) is 5.82 Å². The van der Waals surface area contributed by atoms with Crippen LogP contribution in [0.4, 0.5) is 10.2 Å². The fourth-order valence-electron chi connectivity index (χ4n) is 1.48. The molecular formula is C12H13FN4O. The highest BCUT2D eigenvalue weighted by atomic mass is 19.1. The third-order valence-corrected chi connectivity index (χ3v) is 2.48. The summed E-state index contributed by atoms with van der Waals surface area (Å²) in [4.78, 5) is 19.5. The lowest BCUT2D eigenvalue weighted by molar-refractivity contribution is 0.619. The van der Waals surface area contributed by atoms with Crippen molar-refractivity contribution in [1.29, 1.82) is 0 Å². The molecule has 2 heterocycles. The van der Waals surface area contributed by atoms with Crippen LogP contribution in [0, 0.1) is 5.82 Å². The van der Waals surface area contributed by atoms with E-state index in [1.807, 2.05) is 0 Å². The van der Waals surface area contributed by atoms with Gasteiger partial charge in [0.25, 0.3) is 5.56 Å². The number of aromatic nitrogens is 3. The molecule has 0 aromatic carbocycles. The van der Waals surface area contributed by atoms with Crippen molar-refractivity contribution in [3.63, 3.8) is 0 Å². The molecule has 0 aliphatic carbocycles. The molecule has 0 bridgehead atoms. The van der Waals surface area contributed by atoms with E-state index in [0.29, 0.717) is 18.8 Å². The van der Waals surface area contributed by atoms with E-state index in [0.717, 1.165) is 5.69 Å². The smallest absolute Gasteiger partial charge is 0.293 e. The van der Waals surface area contributed by atoms with Gasteiger partial charge in [-0.2, -0.15) is 0 Å². The minimum absolute atomic E-state index is 0.176. The van der Waals surface area contributed by atoms with Gasteiger partial charge in [-0.05, 0) is 12.1 Å². The Balaban J connectivity index is 1.94. The highest BCUT2D eigenvalue weighted by Gasteiger charge is 2.01. The number of halogens is 1. The van der Waals surface area contributed by atoms with Crippen LogP contribution in [0.5, 0.6) is 0 Å². The molecule has 18 heavy (non-hydrogen) atoms. The maximum atomic E-state index is 12.6. The summed E-state index contributed by atoms with van der Waals surface area (Å²) in [6.45, 7) is 0.519. The summed E-state index contributed by atoms with van der Waals surface area (Å²) in [7, 11) is 1.66. The Morgan fingerprint density at radius 2 is 2.22 bits per heavy atom. The maximum absolute atomic E-state index is 12.6. The highest BCUT2D eigenvalue weighted by molar-refractivity contribution is 5.30. The number of nitrogens with one attached hydrogen (secondary N) is 1. The van der Waals surface area contributed by atoms with Crippen molar-refractivity contribution in [1.82, 2.24) is 14.5 Å². The molecule has 0 saturated carbocycles. The van der Waals surface area contributed by atoms with Gasteiger partial charge < -0.3 is 9.88 Å². The average Bonchev–Trinajstić information content (AvgIpc) is 2.37. The molecule has 0 spiro atoms. The molecule has 0 aliphatic heterocycles. The van der Waals surface area contributed by atoms with Crippen molar-refractivity contribution in [3.8, 4) is 0 Å². The molecule has 0 unspecified atom stereocenters. The fraction of sp³-hybridized carbons (Fsp3) is 0.250. The summed E-state index contributed by atoms with van der Waals surface area (Å²) < 4.78 is 14.1. The predicted octanol–water partition coefficient (Wildman–Crippen LogP) is 0.969. The maximum Gasteiger partial charge on any atom is 0.293 e. The first kappa shape index (κ1) is 12.2. The number of aryl methyl sites for hydroxylation is 1. The Labute approximate surface area is 103 Å². The van der Waals surface area contributed by atoms with Crippen molar-refractivity contribution in [3.05, 3.63) is 52.6 Å². The van der Waals surface area contributed by atoms with E-state index in [2.05, 4.69) is 15.3 Å². The molecule has 0 atom stereocenters. The van der Waals surface area contributed by atoms with Crippen molar-refractivity contribution >= 4 is 5.82 Å². The van der Waals surface area contributed by atoms with E-state index < -0.39 is 0 Å². The lowest BCUT2D eigenvalue weighted by Gasteiger charge is -2.05. The van der Waals surface area contributed by atoms with Crippen molar-refractivity contribution < 1.29 is 4.39 Å². The standard InChI is InChI=1S/C12H13FN4O/c1-17-7-6-15-11(12(17)18)14-5-4-10-3-2-9(13)8-16-10/h2-3,6-8H,4-5H2,1H3,(H,14,15). The van der Waals surface area contributed by atoms with Crippen LogP contribution in [0.15, 0.2) is 35.5 Å². The van der Waals surface area contributed by atoms with E-state index in [1.54, 1.807) is 25.5 Å². The summed E-state index contributed by atoms with van der Waals surface area (Å²) in [6.07, 6.45) is 4.92. The van der Waals surface area contributed by atoms with Crippen LogP contribution < -0.4 is 10.9 Å². The lowest BCUT2D eigenvalue weighted by atomic mass is 10.2. The normalized spacial score (nSPS) is 10.3. The minimum atomic E-state index is -0.356. The first-order valence-electron chi connectivity index (χ1n) is 5.53. The van der Waals surface area contributed by atoms with Crippen LogP contribution in [-0.2, 0) is 13.5 Å². The summed E-state index contributed by atoms with van der Waals surface area (Å²) >= 11 is 0. The Bertz CT molecular complexity index is 579. The summed E-state index contributed by atoms with van der Waals surface area (Å²) in [5, 5.41) is 2.94. The molecule has 0 amide bonds. The number of pyridine rings is 1. The SMILES string of the molecule is Cn1ccnc(NCCc2ccc(F)cn2)c1=O. The van der Waals surface area contributed by atoms with Crippen LogP contribution in [0.1, 0.15) is 5.69 Å². The Hall–Kier alpha value is -2.24. The minimum Gasteiger partial charge on any atom is -0.365 e. The average molecular weight is 248 g/mol. The third-order valence-electron chi connectivity index (χ3n) is 2.48. The predicted molar refractivity (Wildman–Crippen MR) is 65.9 cm³/mol. The molecule has 2 aromatic heterocycles. The van der Waals surface area contributed by atoms with Crippen LogP contribution in [-0.4, -0.2) is 21.1 Å². The third kappa shape index (κ3) is 2.91. The molecule has 0 aliphatic rings. The number of nitrogens with zero attached hydrogens (tertiary/aromatic N) is 3. The van der Waals surface area contributed by atoms with Gasteiger partial charge in [0, 0.05) is 38.1 Å². The van der Waals surface area contributed by atoms with Gasteiger partial charge >= 0.3 is 0 Å². The van der Waals surface area contributed by atoms with Gasteiger partial charge in [0.05, 0.1) is 6.20 Å². The Kier molecular flexibility index (Phi) is 3.66. The van der Waals surface area contributed by atoms with Crippen LogP contribution in [0.25, 0.3) is 0 Å². The molecule has 1 N–H and O–H groups in total. The van der Waals surface area contributed by atoms with Gasteiger partial charge in [-0.1, -0.05) is 0 Å². The molecule has 94 valence electrons. The zero-order valence-corrected chi connectivity index (χ0v) is 9.93. The van der Waals surface area contributed by atoms with E-state index in [-0.39, 0.29) is 11.4 Å².